The van der Waals surface area contributed by atoms with Gasteiger partial charge in [-0.2, -0.15) is 13.2 Å². The van der Waals surface area contributed by atoms with Crippen molar-refractivity contribution in [2.45, 2.75) is 12.7 Å². The summed E-state index contributed by atoms with van der Waals surface area (Å²) in [4.78, 5) is 15.7. The van der Waals surface area contributed by atoms with Crippen LogP contribution in [-0.4, -0.2) is 16.9 Å². The van der Waals surface area contributed by atoms with E-state index in [1.165, 1.54) is 6.07 Å². The molecule has 7 heteroatoms. The van der Waals surface area contributed by atoms with Crippen LogP contribution in [0.1, 0.15) is 15.9 Å². The van der Waals surface area contributed by atoms with Gasteiger partial charge in [0, 0.05) is 23.2 Å². The van der Waals surface area contributed by atoms with Crippen LogP contribution in [0.2, 0.25) is 5.02 Å². The molecule has 3 aromatic rings. The van der Waals surface area contributed by atoms with Crippen molar-refractivity contribution in [3.63, 3.8) is 0 Å². The Labute approximate surface area is 146 Å². The number of alkyl halides is 3. The van der Waals surface area contributed by atoms with Gasteiger partial charge < -0.3 is 5.32 Å². The van der Waals surface area contributed by atoms with E-state index in [1.807, 2.05) is 30.3 Å². The Hall–Kier alpha value is -2.60. The van der Waals surface area contributed by atoms with Crippen molar-refractivity contribution < 1.29 is 18.0 Å². The van der Waals surface area contributed by atoms with Crippen LogP contribution < -0.4 is 5.32 Å². The zero-order valence-corrected chi connectivity index (χ0v) is 13.5. The molecule has 0 amide bonds. The minimum absolute atomic E-state index is 0.0906. The fraction of sp³-hybridized carbons (Fsp3) is 0.111. The molecule has 0 saturated carbocycles. The fourth-order valence-corrected chi connectivity index (χ4v) is 2.63. The highest BCUT2D eigenvalue weighted by Gasteiger charge is 2.41. The van der Waals surface area contributed by atoms with Crippen molar-refractivity contribution in [2.24, 2.45) is 0 Å². The zero-order valence-electron chi connectivity index (χ0n) is 12.8. The number of halogens is 4. The van der Waals surface area contributed by atoms with Crippen molar-refractivity contribution in [3.8, 4) is 0 Å². The van der Waals surface area contributed by atoms with Gasteiger partial charge in [-0.1, -0.05) is 41.9 Å². The highest BCUT2D eigenvalue weighted by Crippen LogP contribution is 2.32. The molecule has 1 aromatic heterocycles. The summed E-state index contributed by atoms with van der Waals surface area (Å²) < 4.78 is 38.7. The Kier molecular flexibility index (Phi) is 4.63. The number of hydrogen-bond acceptors (Lipinski definition) is 3. The number of fused-ring (bicyclic) bond motifs is 1. The van der Waals surface area contributed by atoms with Gasteiger partial charge in [0.2, 0.25) is 0 Å². The first-order valence-corrected chi connectivity index (χ1v) is 7.71. The van der Waals surface area contributed by atoms with Crippen LogP contribution >= 0.6 is 11.6 Å². The smallest absolute Gasteiger partial charge is 0.380 e. The first-order valence-electron chi connectivity index (χ1n) is 7.34. The topological polar surface area (TPSA) is 42.0 Å². The van der Waals surface area contributed by atoms with E-state index in [1.54, 1.807) is 12.1 Å². The molecule has 1 heterocycles. The van der Waals surface area contributed by atoms with Gasteiger partial charge in [0.25, 0.3) is 5.78 Å². The molecule has 3 nitrogen and oxygen atoms in total. The summed E-state index contributed by atoms with van der Waals surface area (Å²) in [7, 11) is 0. The zero-order chi connectivity index (χ0) is 18.0. The molecular formula is C18H12ClF3N2O. The number of benzene rings is 2. The molecule has 0 aliphatic rings. The Bertz CT molecular complexity index is 927. The van der Waals surface area contributed by atoms with E-state index in [-0.39, 0.29) is 12.2 Å². The van der Waals surface area contributed by atoms with Crippen LogP contribution in [0.15, 0.2) is 54.7 Å². The average molecular weight is 365 g/mol. The molecule has 1 N–H and O–H groups in total. The van der Waals surface area contributed by atoms with Crippen LogP contribution in [0.5, 0.6) is 0 Å². The maximum Gasteiger partial charge on any atom is 0.455 e. The van der Waals surface area contributed by atoms with E-state index in [9.17, 15) is 18.0 Å². The second-order valence-corrected chi connectivity index (χ2v) is 5.81. The second kappa shape index (κ2) is 6.72. The van der Waals surface area contributed by atoms with Gasteiger partial charge in [0.05, 0.1) is 16.8 Å². The van der Waals surface area contributed by atoms with Crippen molar-refractivity contribution >= 4 is 34.0 Å². The van der Waals surface area contributed by atoms with Crippen LogP contribution in [0.3, 0.4) is 0 Å². The molecular weight excluding hydrogens is 353 g/mol. The molecule has 0 saturated heterocycles. The van der Waals surface area contributed by atoms with Gasteiger partial charge >= 0.3 is 6.18 Å². The molecule has 0 aliphatic heterocycles. The first-order chi connectivity index (χ1) is 11.9. The van der Waals surface area contributed by atoms with Gasteiger partial charge in [-0.3, -0.25) is 9.78 Å². The largest absolute Gasteiger partial charge is 0.455 e. The molecule has 0 radical (unpaired) electrons. The number of nitrogens with one attached hydrogen (secondary N) is 1. The van der Waals surface area contributed by atoms with E-state index < -0.39 is 17.5 Å². The maximum atomic E-state index is 12.9. The van der Waals surface area contributed by atoms with Crippen LogP contribution in [0.4, 0.5) is 18.9 Å². The lowest BCUT2D eigenvalue weighted by atomic mass is 10.1. The molecule has 0 unspecified atom stereocenters. The Morgan fingerprint density at radius 3 is 2.52 bits per heavy atom. The predicted molar refractivity (Wildman–Crippen MR) is 90.9 cm³/mol. The number of hydrogen-bond donors (Lipinski definition) is 1. The Balaban J connectivity index is 2.09. The lowest BCUT2D eigenvalue weighted by molar-refractivity contribution is -0.0884. The molecule has 0 bridgehead atoms. The summed E-state index contributed by atoms with van der Waals surface area (Å²) in [5.74, 6) is -1.94. The van der Waals surface area contributed by atoms with Gasteiger partial charge in [-0.25, -0.2) is 0 Å². The summed E-state index contributed by atoms with van der Waals surface area (Å²) in [6, 6.07) is 13.8. The van der Waals surface area contributed by atoms with E-state index in [2.05, 4.69) is 10.3 Å². The second-order valence-electron chi connectivity index (χ2n) is 5.37. The highest BCUT2D eigenvalue weighted by atomic mass is 35.5. The van der Waals surface area contributed by atoms with E-state index in [4.69, 9.17) is 11.6 Å². The number of carbonyl (C=O) groups excluding carboxylic acids is 1. The first kappa shape index (κ1) is 17.2. The SMILES string of the molecule is O=C(c1cnc2cc(Cl)ccc2c1NCc1ccccc1)C(F)(F)F. The molecule has 0 aliphatic carbocycles. The number of nitrogens with zero attached hydrogens (tertiary/aromatic N) is 1. The minimum atomic E-state index is -4.98. The molecule has 0 atom stereocenters. The van der Waals surface area contributed by atoms with Crippen molar-refractivity contribution in [1.82, 2.24) is 4.98 Å². The average Bonchev–Trinajstić information content (AvgIpc) is 2.58. The van der Waals surface area contributed by atoms with Gasteiger partial charge in [-0.05, 0) is 23.8 Å². The summed E-state index contributed by atoms with van der Waals surface area (Å²) in [6.07, 6.45) is -4.05. The lowest BCUT2D eigenvalue weighted by Gasteiger charge is -2.15. The highest BCUT2D eigenvalue weighted by molar-refractivity contribution is 6.31. The minimum Gasteiger partial charge on any atom is -0.380 e. The number of aromatic nitrogens is 1. The van der Waals surface area contributed by atoms with Gasteiger partial charge in [0.1, 0.15) is 0 Å². The third-order valence-electron chi connectivity index (χ3n) is 3.65. The fourth-order valence-electron chi connectivity index (χ4n) is 2.47. The maximum absolute atomic E-state index is 12.9. The standard InChI is InChI=1S/C18H12ClF3N2O/c19-12-6-7-13-15(8-12)23-10-14(17(25)18(20,21)22)16(13)24-9-11-4-2-1-3-5-11/h1-8,10H,9H2,(H,23,24). The summed E-state index contributed by atoms with van der Waals surface area (Å²) in [5, 5.41) is 3.75. The van der Waals surface area contributed by atoms with Crippen molar-refractivity contribution in [2.75, 3.05) is 5.32 Å². The molecule has 25 heavy (non-hydrogen) atoms. The quantitative estimate of drug-likeness (QED) is 0.643. The Morgan fingerprint density at radius 1 is 1.12 bits per heavy atom. The number of ketones is 1. The Morgan fingerprint density at radius 2 is 1.84 bits per heavy atom. The normalized spacial score (nSPS) is 11.5. The van der Waals surface area contributed by atoms with Crippen LogP contribution in [0.25, 0.3) is 10.9 Å². The van der Waals surface area contributed by atoms with Crippen molar-refractivity contribution in [3.05, 3.63) is 70.9 Å². The molecule has 3 rings (SSSR count). The van der Waals surface area contributed by atoms with E-state index >= 15 is 0 Å². The number of anilines is 1. The summed E-state index contributed by atoms with van der Waals surface area (Å²) >= 11 is 5.91. The van der Waals surface area contributed by atoms with Crippen molar-refractivity contribution in [1.29, 1.82) is 0 Å². The van der Waals surface area contributed by atoms with Crippen LogP contribution in [0, 0.1) is 0 Å². The van der Waals surface area contributed by atoms with E-state index in [0.717, 1.165) is 11.8 Å². The van der Waals surface area contributed by atoms with Gasteiger partial charge in [0.15, 0.2) is 0 Å². The number of carbonyl (C=O) groups is 1. The number of rotatable bonds is 4. The monoisotopic (exact) mass is 364 g/mol. The third kappa shape index (κ3) is 3.74. The molecule has 0 fully saturated rings. The molecule has 2 aromatic carbocycles. The molecule has 128 valence electrons. The lowest BCUT2D eigenvalue weighted by Crippen LogP contribution is -2.24. The summed E-state index contributed by atoms with van der Waals surface area (Å²) in [5.41, 5.74) is 0.847. The van der Waals surface area contributed by atoms with Crippen LogP contribution in [-0.2, 0) is 6.54 Å². The van der Waals surface area contributed by atoms with Gasteiger partial charge in [-0.15, -0.1) is 0 Å². The predicted octanol–water partition coefficient (Wildman–Crippen LogP) is 5.25. The molecule has 0 spiro atoms. The third-order valence-corrected chi connectivity index (χ3v) is 3.88. The number of Topliss-reactive ketones (excluding diaryl/α,β-unsaturated/α-hetero) is 1. The number of pyridine rings is 1. The van der Waals surface area contributed by atoms with E-state index in [0.29, 0.717) is 15.9 Å². The summed E-state index contributed by atoms with van der Waals surface area (Å²) in [6.45, 7) is 0.265.